The molecule has 5 nitrogen and oxygen atoms in total. The van der Waals surface area contributed by atoms with Gasteiger partial charge in [-0.2, -0.15) is 10.5 Å². The molecule has 0 bridgehead atoms. The molecule has 0 saturated heterocycles. The molecule has 0 amide bonds. The number of para-hydroxylation sites is 2. The Labute approximate surface area is 281 Å². The maximum absolute atomic E-state index is 9.58. The lowest BCUT2D eigenvalue weighted by atomic mass is 10.0. The van der Waals surface area contributed by atoms with Crippen LogP contribution in [-0.2, 0) is 0 Å². The van der Waals surface area contributed by atoms with Crippen LogP contribution in [0.3, 0.4) is 0 Å². The molecule has 9 rings (SSSR count). The summed E-state index contributed by atoms with van der Waals surface area (Å²) in [6.45, 7) is 4.19. The van der Waals surface area contributed by atoms with Gasteiger partial charge in [-0.3, -0.25) is 0 Å². The van der Waals surface area contributed by atoms with Crippen molar-refractivity contribution in [2.75, 3.05) is 0 Å². The number of furan rings is 1. The normalized spacial score (nSPS) is 11.8. The number of hydrogen-bond donors (Lipinski definition) is 0. The largest absolute Gasteiger partial charge is 0.457 e. The van der Waals surface area contributed by atoms with Gasteiger partial charge in [-0.15, -0.1) is 0 Å². The zero-order valence-corrected chi connectivity index (χ0v) is 26.3. The highest BCUT2D eigenvalue weighted by Crippen LogP contribution is 2.35. The van der Waals surface area contributed by atoms with Gasteiger partial charge in [-0.05, 0) is 96.1 Å². The molecule has 0 spiro atoms. The third kappa shape index (κ3) is 4.53. The Morgan fingerprint density at radius 3 is 1.94 bits per heavy atom. The van der Waals surface area contributed by atoms with Gasteiger partial charge in [0.1, 0.15) is 11.0 Å². The quantitative estimate of drug-likeness (QED) is 0.196. The van der Waals surface area contributed by atoms with E-state index in [1.54, 1.807) is 6.07 Å². The third-order valence-corrected chi connectivity index (χ3v) is 9.31. The monoisotopic (exact) mass is 626 g/mol. The van der Waals surface area contributed by atoms with Crippen molar-refractivity contribution in [3.8, 4) is 34.6 Å². The number of aromatic nitrogens is 2. The van der Waals surface area contributed by atoms with E-state index in [-0.39, 0.29) is 0 Å². The molecule has 0 saturated carbocycles. The number of nitriles is 2. The van der Waals surface area contributed by atoms with Crippen LogP contribution in [0.15, 0.2) is 144 Å². The lowest BCUT2D eigenvalue weighted by Crippen LogP contribution is -2.18. The number of hydrogen-bond acceptors (Lipinski definition) is 3. The lowest BCUT2D eigenvalue weighted by molar-refractivity contribution is 0.577. The Morgan fingerprint density at radius 1 is 0.551 bits per heavy atom. The highest BCUT2D eigenvalue weighted by Gasteiger charge is 2.15. The first-order chi connectivity index (χ1) is 24.1. The van der Waals surface area contributed by atoms with Crippen molar-refractivity contribution >= 4 is 56.3 Å². The summed E-state index contributed by atoms with van der Waals surface area (Å²) >= 11 is 0. The van der Waals surface area contributed by atoms with Crippen LogP contribution in [0.25, 0.3) is 78.8 Å². The Hall–Kier alpha value is -7.08. The second-order valence-electron chi connectivity index (χ2n) is 12.2. The second kappa shape index (κ2) is 11.0. The van der Waals surface area contributed by atoms with E-state index >= 15 is 0 Å². The van der Waals surface area contributed by atoms with Crippen LogP contribution in [0.1, 0.15) is 16.8 Å². The van der Waals surface area contributed by atoms with Gasteiger partial charge in [0.05, 0.1) is 39.8 Å². The zero-order chi connectivity index (χ0) is 33.1. The number of fused-ring (bicyclic) bond motifs is 5. The van der Waals surface area contributed by atoms with Crippen LogP contribution in [0.5, 0.6) is 0 Å². The van der Waals surface area contributed by atoms with Crippen molar-refractivity contribution < 1.29 is 4.42 Å². The van der Waals surface area contributed by atoms with E-state index in [1.165, 1.54) is 0 Å². The first kappa shape index (κ1) is 28.2. The molecule has 0 unspecified atom stereocenters. The molecule has 0 aliphatic carbocycles. The predicted molar refractivity (Wildman–Crippen MR) is 197 cm³/mol. The molecule has 5 heteroatoms. The fraction of sp³-hybridized carbons (Fsp3) is 0. The molecule has 3 heterocycles. The SMILES string of the molecule is C=c1oc2ccc(C#N)cc2/c1=C/c1cc2ccccc2n1-c1cccc(-c2cccc(-n3c4ccccc4c4cc(C#N)ccc43)c2)c1. The van der Waals surface area contributed by atoms with E-state index in [1.807, 2.05) is 42.5 Å². The summed E-state index contributed by atoms with van der Waals surface area (Å²) in [5.41, 5.74) is 10.9. The summed E-state index contributed by atoms with van der Waals surface area (Å²) in [4.78, 5) is 0. The van der Waals surface area contributed by atoms with Crippen molar-refractivity contribution in [2.45, 2.75) is 0 Å². The minimum absolute atomic E-state index is 0.557. The zero-order valence-electron chi connectivity index (χ0n) is 26.3. The Balaban J connectivity index is 1.21. The fourth-order valence-electron chi connectivity index (χ4n) is 7.08. The van der Waals surface area contributed by atoms with Crippen molar-refractivity contribution in [3.63, 3.8) is 0 Å². The van der Waals surface area contributed by atoms with Crippen molar-refractivity contribution in [1.29, 1.82) is 10.5 Å². The van der Waals surface area contributed by atoms with Crippen LogP contribution in [-0.4, -0.2) is 9.13 Å². The van der Waals surface area contributed by atoms with Gasteiger partial charge < -0.3 is 13.6 Å². The smallest absolute Gasteiger partial charge is 0.135 e. The van der Waals surface area contributed by atoms with Crippen LogP contribution >= 0.6 is 0 Å². The third-order valence-electron chi connectivity index (χ3n) is 9.31. The number of rotatable bonds is 4. The maximum atomic E-state index is 9.58. The molecule has 0 fully saturated rings. The second-order valence-corrected chi connectivity index (χ2v) is 12.2. The van der Waals surface area contributed by atoms with E-state index in [0.717, 1.165) is 71.5 Å². The molecule has 6 aromatic carbocycles. The minimum Gasteiger partial charge on any atom is -0.457 e. The highest BCUT2D eigenvalue weighted by molar-refractivity contribution is 6.09. The topological polar surface area (TPSA) is 70.6 Å². The number of benzene rings is 6. The molecule has 0 aliphatic heterocycles. The Bertz CT molecular complexity index is 3000. The van der Waals surface area contributed by atoms with Gasteiger partial charge in [0.25, 0.3) is 0 Å². The molecular formula is C44H26N4O. The van der Waals surface area contributed by atoms with Gasteiger partial charge >= 0.3 is 0 Å². The standard InChI is InChI=1S/C44H26N4O/c1-28-38(40-21-30(27-46)17-19-44(40)49-28)25-36-24-33-8-2-4-14-41(33)47(36)34-11-6-9-31(22-34)32-10-7-12-35(23-32)48-42-15-5-3-13-37(42)39-20-29(26-45)16-18-43(39)48/h2-25H,1H2/b38-25+. The first-order valence-corrected chi connectivity index (χ1v) is 16.0. The van der Waals surface area contributed by atoms with E-state index in [4.69, 9.17) is 4.42 Å². The molecule has 228 valence electrons. The molecule has 3 aromatic heterocycles. The van der Waals surface area contributed by atoms with Gasteiger partial charge in [-0.25, -0.2) is 0 Å². The van der Waals surface area contributed by atoms with Crippen LogP contribution in [0.4, 0.5) is 0 Å². The van der Waals surface area contributed by atoms with Gasteiger partial charge in [0.2, 0.25) is 0 Å². The molecule has 9 aromatic rings. The summed E-state index contributed by atoms with van der Waals surface area (Å²) in [5.74, 6) is 0. The lowest BCUT2D eigenvalue weighted by Gasteiger charge is -2.13. The molecule has 0 aliphatic rings. The molecular weight excluding hydrogens is 601 g/mol. The van der Waals surface area contributed by atoms with E-state index < -0.39 is 0 Å². The summed E-state index contributed by atoms with van der Waals surface area (Å²) < 4.78 is 10.5. The fourth-order valence-corrected chi connectivity index (χ4v) is 7.08. The highest BCUT2D eigenvalue weighted by atomic mass is 16.3. The van der Waals surface area contributed by atoms with Crippen LogP contribution in [0, 0.1) is 22.7 Å². The van der Waals surface area contributed by atoms with Crippen molar-refractivity contribution in [1.82, 2.24) is 9.13 Å². The van der Waals surface area contributed by atoms with Crippen molar-refractivity contribution in [3.05, 3.63) is 167 Å². The number of nitrogens with zero attached hydrogens (tertiary/aromatic N) is 4. The van der Waals surface area contributed by atoms with E-state index in [9.17, 15) is 10.5 Å². The summed E-state index contributed by atoms with van der Waals surface area (Å²) in [6.07, 6.45) is 2.10. The summed E-state index contributed by atoms with van der Waals surface area (Å²) in [7, 11) is 0. The van der Waals surface area contributed by atoms with E-state index in [0.29, 0.717) is 22.1 Å². The van der Waals surface area contributed by atoms with Crippen LogP contribution in [0.2, 0.25) is 0 Å². The van der Waals surface area contributed by atoms with E-state index in [2.05, 4.69) is 125 Å². The Morgan fingerprint density at radius 2 is 1.18 bits per heavy atom. The molecule has 0 radical (unpaired) electrons. The summed E-state index contributed by atoms with van der Waals surface area (Å²) in [6, 6.07) is 51.9. The van der Waals surface area contributed by atoms with Gasteiger partial charge in [0.15, 0.2) is 0 Å². The minimum atomic E-state index is 0.557. The Kier molecular flexibility index (Phi) is 6.34. The molecule has 0 atom stereocenters. The van der Waals surface area contributed by atoms with Gasteiger partial charge in [-0.1, -0.05) is 67.2 Å². The first-order valence-electron chi connectivity index (χ1n) is 16.0. The predicted octanol–water partition coefficient (Wildman–Crippen LogP) is 9.12. The molecule has 49 heavy (non-hydrogen) atoms. The van der Waals surface area contributed by atoms with Crippen molar-refractivity contribution in [2.24, 2.45) is 0 Å². The average molecular weight is 627 g/mol. The molecule has 0 N–H and O–H groups in total. The van der Waals surface area contributed by atoms with Crippen LogP contribution < -0.4 is 10.6 Å². The maximum Gasteiger partial charge on any atom is 0.135 e. The van der Waals surface area contributed by atoms with Gasteiger partial charge in [0, 0.05) is 43.8 Å². The average Bonchev–Trinajstić information content (AvgIpc) is 3.79. The summed E-state index contributed by atoms with van der Waals surface area (Å²) in [5, 5.41) is 24.1.